The van der Waals surface area contributed by atoms with Gasteiger partial charge in [0.1, 0.15) is 5.82 Å². The van der Waals surface area contributed by atoms with Crippen LogP contribution in [0.3, 0.4) is 0 Å². The zero-order chi connectivity index (χ0) is 17.9. The molecular weight excluding hydrogens is 316 g/mol. The van der Waals surface area contributed by atoms with Gasteiger partial charge in [0.2, 0.25) is 5.91 Å². The van der Waals surface area contributed by atoms with Crippen LogP contribution in [0.4, 0.5) is 0 Å². The number of aromatic nitrogens is 2. The summed E-state index contributed by atoms with van der Waals surface area (Å²) in [7, 11) is 0. The number of rotatable bonds is 5. The molecule has 0 aliphatic carbocycles. The number of β-amino-alcohol motifs (C(OH)–C–C–N with tert-alkyl or cyclic N) is 1. The largest absolute Gasteiger partial charge is 0.395 e. The highest BCUT2D eigenvalue weighted by atomic mass is 16.3. The summed E-state index contributed by atoms with van der Waals surface area (Å²) in [4.78, 5) is 25.3. The van der Waals surface area contributed by atoms with E-state index in [0.717, 1.165) is 50.4 Å². The molecule has 1 N–H and O–H groups in total. The third kappa shape index (κ3) is 4.36. The van der Waals surface area contributed by atoms with Crippen molar-refractivity contribution < 1.29 is 9.90 Å². The van der Waals surface area contributed by atoms with Crippen molar-refractivity contribution in [3.8, 4) is 0 Å². The summed E-state index contributed by atoms with van der Waals surface area (Å²) in [5.41, 5.74) is 1.33. The molecule has 2 aliphatic heterocycles. The monoisotopic (exact) mass is 346 g/mol. The maximum atomic E-state index is 12.1. The van der Waals surface area contributed by atoms with Crippen LogP contribution in [-0.2, 0) is 11.3 Å². The summed E-state index contributed by atoms with van der Waals surface area (Å²) in [6.07, 6.45) is 7.80. The van der Waals surface area contributed by atoms with E-state index in [9.17, 15) is 9.90 Å². The Morgan fingerprint density at radius 3 is 2.68 bits per heavy atom. The van der Waals surface area contributed by atoms with E-state index in [0.29, 0.717) is 18.9 Å². The first kappa shape index (κ1) is 18.3. The SMILES string of the molecule is CC(C)c1ncc(CN2CCCC3(CCC(=O)N(CCO)C3)C2)cn1. The Bertz CT molecular complexity index is 590. The second-order valence-electron chi connectivity index (χ2n) is 7.96. The lowest BCUT2D eigenvalue weighted by atomic mass is 9.73. The summed E-state index contributed by atoms with van der Waals surface area (Å²) in [6, 6.07) is 0. The van der Waals surface area contributed by atoms with Crippen LogP contribution in [0.5, 0.6) is 0 Å². The summed E-state index contributed by atoms with van der Waals surface area (Å²) in [5, 5.41) is 9.21. The Hall–Kier alpha value is -1.53. The highest BCUT2D eigenvalue weighted by molar-refractivity contribution is 5.77. The minimum absolute atomic E-state index is 0.0467. The number of amides is 1. The smallest absolute Gasteiger partial charge is 0.222 e. The summed E-state index contributed by atoms with van der Waals surface area (Å²) in [6.45, 7) is 8.46. The summed E-state index contributed by atoms with van der Waals surface area (Å²) in [5.74, 6) is 1.43. The molecule has 0 saturated carbocycles. The molecule has 2 saturated heterocycles. The first-order chi connectivity index (χ1) is 12.0. The van der Waals surface area contributed by atoms with Crippen LogP contribution in [0.2, 0.25) is 0 Å². The van der Waals surface area contributed by atoms with Gasteiger partial charge in [-0.25, -0.2) is 9.97 Å². The van der Waals surface area contributed by atoms with Crippen LogP contribution in [0, 0.1) is 5.41 Å². The predicted octanol–water partition coefficient (Wildman–Crippen LogP) is 1.80. The van der Waals surface area contributed by atoms with Gasteiger partial charge in [-0.2, -0.15) is 0 Å². The van der Waals surface area contributed by atoms with E-state index in [2.05, 4.69) is 28.7 Å². The second-order valence-corrected chi connectivity index (χ2v) is 7.96. The van der Waals surface area contributed by atoms with Gasteiger partial charge in [0.15, 0.2) is 0 Å². The standard InChI is InChI=1S/C19H30N4O2/c1-15(2)18-20-10-16(11-21-18)12-22-7-3-5-19(13-22)6-4-17(25)23(14-19)8-9-24/h10-11,15,24H,3-9,12-14H2,1-2H3. The lowest BCUT2D eigenvalue weighted by Gasteiger charge is -2.48. The normalized spacial score (nSPS) is 25.1. The van der Waals surface area contributed by atoms with Crippen molar-refractivity contribution >= 4 is 5.91 Å². The van der Waals surface area contributed by atoms with Gasteiger partial charge in [-0.3, -0.25) is 9.69 Å². The highest BCUT2D eigenvalue weighted by Crippen LogP contribution is 2.39. The van der Waals surface area contributed by atoms with Crippen molar-refractivity contribution in [3.63, 3.8) is 0 Å². The molecule has 1 unspecified atom stereocenters. The molecule has 6 nitrogen and oxygen atoms in total. The number of aliphatic hydroxyl groups excluding tert-OH is 1. The van der Waals surface area contributed by atoms with Gasteiger partial charge in [0, 0.05) is 61.9 Å². The van der Waals surface area contributed by atoms with Gasteiger partial charge in [-0.1, -0.05) is 13.8 Å². The molecule has 0 bridgehead atoms. The van der Waals surface area contributed by atoms with Gasteiger partial charge in [0.05, 0.1) is 6.61 Å². The van der Waals surface area contributed by atoms with Crippen molar-refractivity contribution in [1.29, 1.82) is 0 Å². The Kier molecular flexibility index (Phi) is 5.69. The molecule has 1 aromatic heterocycles. The van der Waals surface area contributed by atoms with E-state index < -0.39 is 0 Å². The third-order valence-corrected chi connectivity index (χ3v) is 5.51. The Labute approximate surface area is 150 Å². The summed E-state index contributed by atoms with van der Waals surface area (Å²) < 4.78 is 0. The number of carbonyl (C=O) groups is 1. The predicted molar refractivity (Wildman–Crippen MR) is 96.0 cm³/mol. The first-order valence-electron chi connectivity index (χ1n) is 9.43. The molecular formula is C19H30N4O2. The molecule has 6 heteroatoms. The van der Waals surface area contributed by atoms with Crippen molar-refractivity contribution in [3.05, 3.63) is 23.8 Å². The number of hydrogen-bond donors (Lipinski definition) is 1. The first-order valence-corrected chi connectivity index (χ1v) is 9.43. The van der Waals surface area contributed by atoms with Gasteiger partial charge in [-0.05, 0) is 25.8 Å². The summed E-state index contributed by atoms with van der Waals surface area (Å²) >= 11 is 0. The van der Waals surface area contributed by atoms with E-state index in [4.69, 9.17) is 0 Å². The molecule has 25 heavy (non-hydrogen) atoms. The van der Waals surface area contributed by atoms with Gasteiger partial charge in [0.25, 0.3) is 0 Å². The quantitative estimate of drug-likeness (QED) is 0.880. The third-order valence-electron chi connectivity index (χ3n) is 5.51. The lowest BCUT2D eigenvalue weighted by molar-refractivity contribution is -0.140. The average molecular weight is 346 g/mol. The van der Waals surface area contributed by atoms with Gasteiger partial charge in [-0.15, -0.1) is 0 Å². The topological polar surface area (TPSA) is 69.6 Å². The van der Waals surface area contributed by atoms with Crippen LogP contribution in [-0.4, -0.2) is 63.6 Å². The number of hydrogen-bond acceptors (Lipinski definition) is 5. The zero-order valence-electron chi connectivity index (χ0n) is 15.4. The molecule has 1 aromatic rings. The van der Waals surface area contributed by atoms with Crippen LogP contribution in [0.15, 0.2) is 12.4 Å². The molecule has 1 spiro atoms. The van der Waals surface area contributed by atoms with Crippen molar-refractivity contribution in [2.75, 3.05) is 32.8 Å². The van der Waals surface area contributed by atoms with E-state index in [-0.39, 0.29) is 17.9 Å². The fraction of sp³-hybridized carbons (Fsp3) is 0.737. The van der Waals surface area contributed by atoms with Crippen molar-refractivity contribution in [2.24, 2.45) is 5.41 Å². The fourth-order valence-corrected chi connectivity index (χ4v) is 4.21. The Balaban J connectivity index is 1.63. The van der Waals surface area contributed by atoms with Crippen LogP contribution < -0.4 is 0 Å². The lowest BCUT2D eigenvalue weighted by Crippen LogP contribution is -2.54. The van der Waals surface area contributed by atoms with Crippen LogP contribution in [0.25, 0.3) is 0 Å². The maximum Gasteiger partial charge on any atom is 0.222 e. The molecule has 2 fully saturated rings. The number of nitrogens with zero attached hydrogens (tertiary/aromatic N) is 4. The molecule has 138 valence electrons. The molecule has 1 atom stereocenters. The molecule has 3 heterocycles. The van der Waals surface area contributed by atoms with E-state index >= 15 is 0 Å². The Morgan fingerprint density at radius 1 is 1.24 bits per heavy atom. The fourth-order valence-electron chi connectivity index (χ4n) is 4.21. The van der Waals surface area contributed by atoms with Gasteiger partial charge >= 0.3 is 0 Å². The van der Waals surface area contributed by atoms with E-state index in [1.807, 2.05) is 17.3 Å². The van der Waals surface area contributed by atoms with Crippen molar-refractivity contribution in [1.82, 2.24) is 19.8 Å². The van der Waals surface area contributed by atoms with E-state index in [1.54, 1.807) is 0 Å². The van der Waals surface area contributed by atoms with Crippen molar-refractivity contribution in [2.45, 2.75) is 52.0 Å². The minimum atomic E-state index is 0.0467. The molecule has 3 rings (SSSR count). The number of piperidine rings is 2. The molecule has 0 radical (unpaired) electrons. The molecule has 0 aromatic carbocycles. The molecule has 1 amide bonds. The minimum Gasteiger partial charge on any atom is -0.395 e. The highest BCUT2D eigenvalue weighted by Gasteiger charge is 2.41. The number of carbonyl (C=O) groups excluding carboxylic acids is 1. The number of likely N-dealkylation sites (tertiary alicyclic amines) is 2. The zero-order valence-corrected chi connectivity index (χ0v) is 15.4. The number of aliphatic hydroxyl groups is 1. The van der Waals surface area contributed by atoms with Crippen LogP contribution >= 0.6 is 0 Å². The van der Waals surface area contributed by atoms with Crippen LogP contribution in [0.1, 0.15) is 56.8 Å². The van der Waals surface area contributed by atoms with E-state index in [1.165, 1.54) is 6.42 Å². The maximum absolute atomic E-state index is 12.1. The second kappa shape index (κ2) is 7.79. The average Bonchev–Trinajstić information content (AvgIpc) is 2.59. The molecule has 2 aliphatic rings. The van der Waals surface area contributed by atoms with Gasteiger partial charge < -0.3 is 10.0 Å². The Morgan fingerprint density at radius 2 is 2.00 bits per heavy atom.